The van der Waals surface area contributed by atoms with Gasteiger partial charge in [0, 0.05) is 17.3 Å². The van der Waals surface area contributed by atoms with Gasteiger partial charge in [-0.25, -0.2) is 4.79 Å². The summed E-state index contributed by atoms with van der Waals surface area (Å²) in [6.07, 6.45) is 16.9. The predicted molar refractivity (Wildman–Crippen MR) is 112 cm³/mol. The molecule has 2 N–H and O–H groups in total. The van der Waals surface area contributed by atoms with Gasteiger partial charge in [0.1, 0.15) is 0 Å². The minimum atomic E-state index is -2.47. The van der Waals surface area contributed by atoms with E-state index >= 15 is 0 Å². The summed E-state index contributed by atoms with van der Waals surface area (Å²) in [5, 5.41) is 30.2. The number of rotatable bonds is 14. The first-order valence-electron chi connectivity index (χ1n) is 10.8. The van der Waals surface area contributed by atoms with Crippen LogP contribution in [-0.2, 0) is 9.53 Å². The van der Waals surface area contributed by atoms with Crippen molar-refractivity contribution >= 4 is 5.97 Å². The highest BCUT2D eigenvalue weighted by Crippen LogP contribution is 2.40. The lowest BCUT2D eigenvalue weighted by Crippen LogP contribution is -2.39. The largest absolute Gasteiger partial charge is 0.465 e. The highest BCUT2D eigenvalue weighted by Gasteiger charge is 2.36. The maximum absolute atomic E-state index is 11.2. The van der Waals surface area contributed by atoms with E-state index in [2.05, 4.69) is 23.8 Å². The minimum absolute atomic E-state index is 0.0156. The second-order valence-electron chi connectivity index (χ2n) is 8.02. The molecular formula is C22H37NO6. The third kappa shape index (κ3) is 9.54. The minimum Gasteiger partial charge on any atom is -0.465 e. The summed E-state index contributed by atoms with van der Waals surface area (Å²) >= 11 is 0. The van der Waals surface area contributed by atoms with Gasteiger partial charge in [-0.3, -0.25) is 10.1 Å². The first-order chi connectivity index (χ1) is 13.8. The van der Waals surface area contributed by atoms with Crippen molar-refractivity contribution < 1.29 is 24.7 Å². The lowest BCUT2D eigenvalue weighted by Gasteiger charge is -2.19. The molecule has 7 nitrogen and oxygen atoms in total. The van der Waals surface area contributed by atoms with Gasteiger partial charge in [-0.15, -0.1) is 0 Å². The standard InChI is InChI=1S/C22H37NO6/c1-3-4-5-6-7-10-13-20-18(14-15-19(20)17-23(27)28)12-9-8-11-16-22(25,26)21(24)29-2/h8-10,13,18-20,25-26H,3-7,11-12,14-17H2,1-2H3/b9-8-,13-10+/t18-,19-,20+/m0/s1. The second-order valence-corrected chi connectivity index (χ2v) is 8.02. The molecular weight excluding hydrogens is 374 g/mol. The Hall–Kier alpha value is -1.73. The summed E-state index contributed by atoms with van der Waals surface area (Å²) in [6.45, 7) is 2.20. The quantitative estimate of drug-likeness (QED) is 0.112. The number of unbranched alkanes of at least 4 members (excludes halogenated alkanes) is 4. The fourth-order valence-electron chi connectivity index (χ4n) is 4.07. The van der Waals surface area contributed by atoms with Crippen LogP contribution in [0.4, 0.5) is 0 Å². The van der Waals surface area contributed by atoms with Gasteiger partial charge in [0.05, 0.1) is 7.11 Å². The molecule has 0 radical (unpaired) electrons. The maximum atomic E-state index is 11.2. The molecule has 0 aromatic rings. The normalized spacial score (nSPS) is 22.6. The Kier molecular flexibility index (Phi) is 11.8. The van der Waals surface area contributed by atoms with Crippen LogP contribution in [0, 0.1) is 27.9 Å². The Balaban J connectivity index is 2.54. The zero-order valence-corrected chi connectivity index (χ0v) is 17.8. The molecule has 0 aromatic heterocycles. The van der Waals surface area contributed by atoms with Crippen LogP contribution in [0.3, 0.4) is 0 Å². The Morgan fingerprint density at radius 2 is 1.86 bits per heavy atom. The number of nitro groups is 1. The average molecular weight is 412 g/mol. The molecule has 1 fully saturated rings. The summed E-state index contributed by atoms with van der Waals surface area (Å²) in [5.41, 5.74) is 0. The summed E-state index contributed by atoms with van der Waals surface area (Å²) in [6, 6.07) is 0. The number of aliphatic hydroxyl groups is 2. The summed E-state index contributed by atoms with van der Waals surface area (Å²) in [5.74, 6) is -2.88. The Bertz CT molecular complexity index is 558. The number of esters is 1. The number of methoxy groups -OCH3 is 1. The van der Waals surface area contributed by atoms with Crippen molar-refractivity contribution in [2.45, 2.75) is 76.9 Å². The molecule has 7 heteroatoms. The highest BCUT2D eigenvalue weighted by atomic mass is 16.6. The average Bonchev–Trinajstić information content (AvgIpc) is 3.04. The lowest BCUT2D eigenvalue weighted by atomic mass is 9.86. The molecule has 1 aliphatic carbocycles. The van der Waals surface area contributed by atoms with Crippen molar-refractivity contribution in [3.8, 4) is 0 Å². The van der Waals surface area contributed by atoms with Crippen molar-refractivity contribution in [1.82, 2.24) is 0 Å². The van der Waals surface area contributed by atoms with Gasteiger partial charge in [-0.2, -0.15) is 0 Å². The molecule has 1 saturated carbocycles. The van der Waals surface area contributed by atoms with Crippen LogP contribution in [0.2, 0.25) is 0 Å². The number of allylic oxidation sites excluding steroid dienone is 4. The van der Waals surface area contributed by atoms with E-state index in [1.54, 1.807) is 0 Å². The zero-order chi connectivity index (χ0) is 21.7. The third-order valence-corrected chi connectivity index (χ3v) is 5.74. The third-order valence-electron chi connectivity index (χ3n) is 5.74. The number of carbonyl (C=O) groups excluding carboxylic acids is 1. The van der Waals surface area contributed by atoms with E-state index in [4.69, 9.17) is 0 Å². The molecule has 0 aromatic carbocycles. The van der Waals surface area contributed by atoms with Crippen molar-refractivity contribution in [3.05, 3.63) is 34.4 Å². The topological polar surface area (TPSA) is 110 Å². The second kappa shape index (κ2) is 13.5. The van der Waals surface area contributed by atoms with E-state index in [0.29, 0.717) is 12.3 Å². The van der Waals surface area contributed by atoms with E-state index in [0.717, 1.165) is 39.2 Å². The SMILES string of the molecule is CCCCCC/C=C/[C@@H]1[C@@H](C/C=C\CCC(O)(O)C(=O)OC)CC[C@H]1C[N+](=O)[O-]. The molecule has 0 saturated heterocycles. The Morgan fingerprint density at radius 1 is 1.14 bits per heavy atom. The fourth-order valence-corrected chi connectivity index (χ4v) is 4.07. The summed E-state index contributed by atoms with van der Waals surface area (Å²) < 4.78 is 4.35. The van der Waals surface area contributed by atoms with Gasteiger partial charge in [0.25, 0.3) is 5.79 Å². The summed E-state index contributed by atoms with van der Waals surface area (Å²) in [7, 11) is 1.11. The molecule has 0 amide bonds. The lowest BCUT2D eigenvalue weighted by molar-refractivity contribution is -0.489. The predicted octanol–water partition coefficient (Wildman–Crippen LogP) is 4.01. The molecule has 0 heterocycles. The molecule has 0 bridgehead atoms. The van der Waals surface area contributed by atoms with Crippen LogP contribution < -0.4 is 0 Å². The zero-order valence-electron chi connectivity index (χ0n) is 17.8. The molecule has 3 atom stereocenters. The van der Waals surface area contributed by atoms with E-state index in [1.165, 1.54) is 19.3 Å². The van der Waals surface area contributed by atoms with Crippen molar-refractivity contribution in [1.29, 1.82) is 0 Å². The Morgan fingerprint density at radius 3 is 2.52 bits per heavy atom. The van der Waals surface area contributed by atoms with E-state index in [1.807, 2.05) is 12.2 Å². The van der Waals surface area contributed by atoms with Crippen LogP contribution in [0.5, 0.6) is 0 Å². The van der Waals surface area contributed by atoms with Crippen LogP contribution >= 0.6 is 0 Å². The van der Waals surface area contributed by atoms with E-state index < -0.39 is 11.8 Å². The van der Waals surface area contributed by atoms with Crippen LogP contribution in [0.25, 0.3) is 0 Å². The number of carbonyl (C=O) groups is 1. The first kappa shape index (κ1) is 25.3. The van der Waals surface area contributed by atoms with Gasteiger partial charge in [-0.1, -0.05) is 50.5 Å². The van der Waals surface area contributed by atoms with Crippen LogP contribution in [0.1, 0.15) is 71.1 Å². The maximum Gasteiger partial charge on any atom is 0.366 e. The van der Waals surface area contributed by atoms with Crippen LogP contribution in [0.15, 0.2) is 24.3 Å². The number of ether oxygens (including phenoxy) is 1. The van der Waals surface area contributed by atoms with Gasteiger partial charge in [0.15, 0.2) is 0 Å². The number of nitrogens with zero attached hydrogens (tertiary/aromatic N) is 1. The molecule has 0 spiro atoms. The van der Waals surface area contributed by atoms with E-state index in [-0.39, 0.29) is 29.7 Å². The van der Waals surface area contributed by atoms with Crippen molar-refractivity contribution in [2.24, 2.45) is 17.8 Å². The number of hydrogen-bond donors (Lipinski definition) is 2. The molecule has 166 valence electrons. The monoisotopic (exact) mass is 411 g/mol. The molecule has 0 unspecified atom stereocenters. The van der Waals surface area contributed by atoms with Crippen LogP contribution in [-0.4, -0.2) is 40.5 Å². The van der Waals surface area contributed by atoms with Gasteiger partial charge < -0.3 is 14.9 Å². The fraction of sp³-hybridized carbons (Fsp3) is 0.773. The molecule has 1 aliphatic rings. The van der Waals surface area contributed by atoms with Gasteiger partial charge >= 0.3 is 5.97 Å². The van der Waals surface area contributed by atoms with Gasteiger partial charge in [0.2, 0.25) is 6.54 Å². The molecule has 29 heavy (non-hydrogen) atoms. The smallest absolute Gasteiger partial charge is 0.366 e. The summed E-state index contributed by atoms with van der Waals surface area (Å²) in [4.78, 5) is 22.1. The molecule has 0 aliphatic heterocycles. The van der Waals surface area contributed by atoms with Crippen molar-refractivity contribution in [3.63, 3.8) is 0 Å². The van der Waals surface area contributed by atoms with Crippen molar-refractivity contribution in [2.75, 3.05) is 13.7 Å². The van der Waals surface area contributed by atoms with E-state index in [9.17, 15) is 25.1 Å². The van der Waals surface area contributed by atoms with Gasteiger partial charge in [-0.05, 0) is 50.4 Å². The number of hydrogen-bond acceptors (Lipinski definition) is 6. The first-order valence-corrected chi connectivity index (χ1v) is 10.8. The highest BCUT2D eigenvalue weighted by molar-refractivity contribution is 5.76. The Labute approximate surface area is 174 Å². The molecule has 1 rings (SSSR count).